The van der Waals surface area contributed by atoms with Gasteiger partial charge in [0.25, 0.3) is 0 Å². The molecule has 2 aromatic rings. The van der Waals surface area contributed by atoms with Crippen LogP contribution in [-0.4, -0.2) is 15.0 Å². The van der Waals surface area contributed by atoms with Crippen LogP contribution in [0.15, 0.2) is 24.5 Å². The number of hydrogen-bond donors (Lipinski definition) is 2. The number of anilines is 1. The first-order valence-electron chi connectivity index (χ1n) is 5.50. The van der Waals surface area contributed by atoms with Crippen molar-refractivity contribution in [1.29, 1.82) is 0 Å². The summed E-state index contributed by atoms with van der Waals surface area (Å²) in [5, 5.41) is 0. The average molecular weight is 229 g/mol. The highest BCUT2D eigenvalue weighted by atomic mass is 15.3. The van der Waals surface area contributed by atoms with Crippen molar-refractivity contribution in [3.63, 3.8) is 0 Å². The minimum Gasteiger partial charge on any atom is -0.308 e. The molecule has 0 bridgehead atoms. The smallest absolute Gasteiger partial charge is 0.161 e. The number of rotatable bonds is 3. The van der Waals surface area contributed by atoms with Gasteiger partial charge in [0.05, 0.1) is 0 Å². The standard InChI is InChI=1S/C12H15N5/c1-3-10-8(2)11(17-13)16-12(15-10)9-4-6-14-7-5-9/h4-7H,3,13H2,1-2H3,(H,15,16,17). The maximum Gasteiger partial charge on any atom is 0.161 e. The van der Waals surface area contributed by atoms with E-state index in [9.17, 15) is 0 Å². The monoisotopic (exact) mass is 229 g/mol. The van der Waals surface area contributed by atoms with Gasteiger partial charge in [-0.1, -0.05) is 6.92 Å². The number of hydrogen-bond acceptors (Lipinski definition) is 5. The Kier molecular flexibility index (Phi) is 3.30. The lowest BCUT2D eigenvalue weighted by Crippen LogP contribution is -2.13. The van der Waals surface area contributed by atoms with Crippen LogP contribution in [0.4, 0.5) is 5.82 Å². The Bertz CT molecular complexity index is 485. The molecule has 0 aliphatic carbocycles. The van der Waals surface area contributed by atoms with Gasteiger partial charge in [-0.05, 0) is 25.5 Å². The minimum atomic E-state index is 0.669. The van der Waals surface area contributed by atoms with Crippen LogP contribution in [0.5, 0.6) is 0 Å². The summed E-state index contributed by atoms with van der Waals surface area (Å²) in [6, 6.07) is 3.76. The molecule has 0 unspecified atom stereocenters. The van der Waals surface area contributed by atoms with Gasteiger partial charge in [-0.2, -0.15) is 0 Å². The van der Waals surface area contributed by atoms with Crippen molar-refractivity contribution in [3.8, 4) is 11.4 Å². The lowest BCUT2D eigenvalue weighted by Gasteiger charge is -2.10. The number of pyridine rings is 1. The number of aromatic nitrogens is 3. The third kappa shape index (κ3) is 2.24. The number of nitrogens with one attached hydrogen (secondary N) is 1. The van der Waals surface area contributed by atoms with Crippen LogP contribution in [-0.2, 0) is 6.42 Å². The van der Waals surface area contributed by atoms with Crippen LogP contribution in [0.2, 0.25) is 0 Å². The van der Waals surface area contributed by atoms with Crippen molar-refractivity contribution in [2.45, 2.75) is 20.3 Å². The normalized spacial score (nSPS) is 10.3. The van der Waals surface area contributed by atoms with Gasteiger partial charge in [0.15, 0.2) is 5.82 Å². The van der Waals surface area contributed by atoms with Crippen LogP contribution in [0.25, 0.3) is 11.4 Å². The number of nitrogens with zero attached hydrogens (tertiary/aromatic N) is 3. The maximum absolute atomic E-state index is 5.47. The molecule has 0 saturated carbocycles. The largest absolute Gasteiger partial charge is 0.308 e. The van der Waals surface area contributed by atoms with Crippen LogP contribution < -0.4 is 11.3 Å². The Morgan fingerprint density at radius 1 is 1.24 bits per heavy atom. The summed E-state index contributed by atoms with van der Waals surface area (Å²) >= 11 is 0. The highest BCUT2D eigenvalue weighted by Crippen LogP contribution is 2.21. The molecule has 0 aliphatic heterocycles. The van der Waals surface area contributed by atoms with E-state index in [0.29, 0.717) is 11.6 Å². The van der Waals surface area contributed by atoms with Crippen LogP contribution in [0.3, 0.4) is 0 Å². The first kappa shape index (κ1) is 11.5. The molecule has 5 nitrogen and oxygen atoms in total. The summed E-state index contributed by atoms with van der Waals surface area (Å²) < 4.78 is 0. The Morgan fingerprint density at radius 3 is 2.53 bits per heavy atom. The molecule has 88 valence electrons. The lowest BCUT2D eigenvalue weighted by molar-refractivity contribution is 0.973. The van der Waals surface area contributed by atoms with Gasteiger partial charge in [0.1, 0.15) is 5.82 Å². The van der Waals surface area contributed by atoms with Crippen molar-refractivity contribution in [1.82, 2.24) is 15.0 Å². The van der Waals surface area contributed by atoms with Gasteiger partial charge >= 0.3 is 0 Å². The van der Waals surface area contributed by atoms with E-state index in [4.69, 9.17) is 5.84 Å². The minimum absolute atomic E-state index is 0.669. The fraction of sp³-hybridized carbons (Fsp3) is 0.250. The number of hydrazine groups is 1. The third-order valence-electron chi connectivity index (χ3n) is 2.66. The molecule has 0 atom stereocenters. The third-order valence-corrected chi connectivity index (χ3v) is 2.66. The van der Waals surface area contributed by atoms with Gasteiger partial charge in [0, 0.05) is 29.2 Å². The lowest BCUT2D eigenvalue weighted by atomic mass is 10.1. The average Bonchev–Trinajstić information content (AvgIpc) is 2.40. The predicted octanol–water partition coefficient (Wildman–Crippen LogP) is 1.70. The Morgan fingerprint density at radius 2 is 1.94 bits per heavy atom. The quantitative estimate of drug-likeness (QED) is 0.618. The number of nitrogens with two attached hydrogens (primary N) is 1. The molecular weight excluding hydrogens is 214 g/mol. The predicted molar refractivity (Wildman–Crippen MR) is 67.2 cm³/mol. The summed E-state index contributed by atoms with van der Waals surface area (Å²) in [7, 11) is 0. The zero-order valence-electron chi connectivity index (χ0n) is 9.94. The van der Waals surface area contributed by atoms with E-state index < -0.39 is 0 Å². The van der Waals surface area contributed by atoms with E-state index >= 15 is 0 Å². The molecule has 2 heterocycles. The topological polar surface area (TPSA) is 76.7 Å². The van der Waals surface area contributed by atoms with Gasteiger partial charge < -0.3 is 5.43 Å². The summed E-state index contributed by atoms with van der Waals surface area (Å²) in [5.74, 6) is 6.81. The number of aryl methyl sites for hydroxylation is 1. The molecule has 0 radical (unpaired) electrons. The van der Waals surface area contributed by atoms with E-state index in [1.807, 2.05) is 19.1 Å². The SMILES string of the molecule is CCc1nc(-c2ccncc2)nc(NN)c1C. The molecule has 2 rings (SSSR count). The van der Waals surface area contributed by atoms with E-state index in [2.05, 4.69) is 27.3 Å². The van der Waals surface area contributed by atoms with E-state index in [1.165, 1.54) is 0 Å². The molecule has 5 heteroatoms. The van der Waals surface area contributed by atoms with Gasteiger partial charge in [-0.15, -0.1) is 0 Å². The Labute approximate surface area is 100 Å². The second kappa shape index (κ2) is 4.88. The van der Waals surface area contributed by atoms with Gasteiger partial charge in [0.2, 0.25) is 0 Å². The van der Waals surface area contributed by atoms with Gasteiger partial charge in [-0.3, -0.25) is 4.98 Å². The highest BCUT2D eigenvalue weighted by molar-refractivity contribution is 5.58. The fourth-order valence-electron chi connectivity index (χ4n) is 1.68. The summed E-state index contributed by atoms with van der Waals surface area (Å²) in [6.45, 7) is 4.02. The first-order valence-corrected chi connectivity index (χ1v) is 5.50. The molecule has 3 N–H and O–H groups in total. The Balaban J connectivity index is 2.56. The fourth-order valence-corrected chi connectivity index (χ4v) is 1.68. The highest BCUT2D eigenvalue weighted by Gasteiger charge is 2.09. The first-order chi connectivity index (χ1) is 8.26. The molecule has 17 heavy (non-hydrogen) atoms. The Hall–Kier alpha value is -2.01. The van der Waals surface area contributed by atoms with Crippen molar-refractivity contribution in [3.05, 3.63) is 35.8 Å². The molecule has 0 aromatic carbocycles. The molecule has 0 spiro atoms. The van der Waals surface area contributed by atoms with Crippen molar-refractivity contribution < 1.29 is 0 Å². The summed E-state index contributed by atoms with van der Waals surface area (Å²) in [6.07, 6.45) is 4.29. The second-order valence-corrected chi connectivity index (χ2v) is 3.70. The van der Waals surface area contributed by atoms with E-state index in [0.717, 1.165) is 23.2 Å². The summed E-state index contributed by atoms with van der Waals surface area (Å²) in [5.41, 5.74) is 5.54. The molecule has 0 amide bonds. The zero-order valence-corrected chi connectivity index (χ0v) is 9.94. The molecule has 2 aromatic heterocycles. The van der Waals surface area contributed by atoms with Crippen LogP contribution >= 0.6 is 0 Å². The molecule has 0 saturated heterocycles. The molecule has 0 aliphatic rings. The van der Waals surface area contributed by atoms with Crippen molar-refractivity contribution >= 4 is 5.82 Å². The van der Waals surface area contributed by atoms with Crippen molar-refractivity contribution in [2.24, 2.45) is 5.84 Å². The summed E-state index contributed by atoms with van der Waals surface area (Å²) in [4.78, 5) is 12.9. The van der Waals surface area contributed by atoms with E-state index in [1.54, 1.807) is 12.4 Å². The van der Waals surface area contributed by atoms with Crippen LogP contribution in [0.1, 0.15) is 18.2 Å². The number of nitrogen functional groups attached to an aromatic ring is 1. The second-order valence-electron chi connectivity index (χ2n) is 3.70. The molecule has 0 fully saturated rings. The van der Waals surface area contributed by atoms with Gasteiger partial charge in [-0.25, -0.2) is 15.8 Å². The zero-order chi connectivity index (χ0) is 12.3. The maximum atomic E-state index is 5.47. The molecular formula is C12H15N5. The van der Waals surface area contributed by atoms with E-state index in [-0.39, 0.29) is 0 Å². The van der Waals surface area contributed by atoms with Crippen LogP contribution in [0, 0.1) is 6.92 Å². The van der Waals surface area contributed by atoms with Crippen molar-refractivity contribution in [2.75, 3.05) is 5.43 Å².